The molecule has 14 nitrogen and oxygen atoms in total. The van der Waals surface area contributed by atoms with Crippen LogP contribution >= 0.6 is 0 Å². The molecule has 16 heteroatoms. The van der Waals surface area contributed by atoms with Gasteiger partial charge in [-0.05, 0) is 143 Å². The van der Waals surface area contributed by atoms with Gasteiger partial charge < -0.3 is 14.8 Å². The fraction of sp³-hybridized carbons (Fsp3) is 0.368. The number of pyridine rings is 2. The number of aryl methyl sites for hydroxylation is 2. The number of benzene rings is 3. The molecular weight excluding hydrogens is 929 g/mol. The molecule has 0 spiro atoms. The number of halogens is 2. The lowest BCUT2D eigenvalue weighted by Crippen LogP contribution is -2.55. The van der Waals surface area contributed by atoms with E-state index in [0.29, 0.717) is 54.3 Å². The van der Waals surface area contributed by atoms with Crippen LogP contribution < -0.4 is 26.0 Å². The van der Waals surface area contributed by atoms with Gasteiger partial charge in [-0.3, -0.25) is 48.6 Å². The Bertz CT molecular complexity index is 3290. The van der Waals surface area contributed by atoms with E-state index in [4.69, 9.17) is 0 Å². The zero-order chi connectivity index (χ0) is 51.6. The maximum absolute atomic E-state index is 16.2. The summed E-state index contributed by atoms with van der Waals surface area (Å²) in [5.74, 6) is -1.78. The van der Waals surface area contributed by atoms with Gasteiger partial charge >= 0.3 is 0 Å². The Hall–Kier alpha value is -7.30. The second kappa shape index (κ2) is 19.3. The average molecular weight is 990 g/mol. The van der Waals surface area contributed by atoms with E-state index in [2.05, 4.69) is 56.6 Å². The summed E-state index contributed by atoms with van der Waals surface area (Å²) in [6.45, 7) is 11.5. The Labute approximate surface area is 423 Å². The maximum Gasteiger partial charge on any atom is 0.258 e. The van der Waals surface area contributed by atoms with Crippen LogP contribution in [0.5, 0.6) is 0 Å². The molecule has 0 unspecified atom stereocenters. The summed E-state index contributed by atoms with van der Waals surface area (Å²) in [5, 5.41) is 5.83. The van der Waals surface area contributed by atoms with Crippen molar-refractivity contribution in [1.82, 2.24) is 29.2 Å². The lowest BCUT2D eigenvalue weighted by molar-refractivity contribution is -0.136. The third-order valence-corrected chi connectivity index (χ3v) is 15.9. The number of anilines is 3. The summed E-state index contributed by atoms with van der Waals surface area (Å²) in [5.41, 5.74) is 8.19. The SMILES string of the molecule is CNc1cc(=O)n(-c2ccnc3c2cc([C@H](C)N2CC=C(c4c(C)cc(C(=O)N(C)c5ccc(C6CCN(Cc7ccc8c(c7)C(C)(C)C(=O)N8[C@@H]7CCC(=O)NC7=O)CC6)cc5)cc4F)CC2)n3C)cc1F. The van der Waals surface area contributed by atoms with Crippen LogP contribution in [0.4, 0.5) is 25.8 Å². The molecule has 4 aliphatic heterocycles. The van der Waals surface area contributed by atoms with Crippen LogP contribution in [0.1, 0.15) is 109 Å². The van der Waals surface area contributed by atoms with E-state index in [1.807, 2.05) is 62.7 Å². The molecule has 6 aromatic rings. The van der Waals surface area contributed by atoms with E-state index in [-0.39, 0.29) is 47.0 Å². The predicted molar refractivity (Wildman–Crippen MR) is 279 cm³/mol. The largest absolute Gasteiger partial charge is 0.386 e. The van der Waals surface area contributed by atoms with Crippen molar-refractivity contribution in [2.45, 2.75) is 89.8 Å². The standard InChI is InChI=1S/C57H61F2N9O5/c1-33-26-39(28-43(58)52(33)38-19-24-66(25-20-38)34(2)49-29-41-46(16-21-61-53(41)64(49)7)67-32-44(59)45(60-5)30-51(67)70)55(72)63(6)40-11-9-36(10-12-40)37-17-22-65(23-18-37)31-35-8-13-47-42(27-35)57(3,4)56(73)68(47)48-14-15-50(69)62-54(48)71/h8-13,16,19,21,26-30,32,34,37,48,60H,14-15,17-18,20,22-25,31H2,1-7H3,(H,62,69,71)/t34-,48+/m0/s1. The minimum atomic E-state index is -0.797. The first-order valence-electron chi connectivity index (χ1n) is 25.1. The van der Waals surface area contributed by atoms with Crippen molar-refractivity contribution >= 4 is 57.3 Å². The van der Waals surface area contributed by atoms with Crippen molar-refractivity contribution < 1.29 is 28.0 Å². The number of nitrogens with zero attached hydrogens (tertiary/aromatic N) is 7. The number of rotatable bonds is 11. The van der Waals surface area contributed by atoms with Gasteiger partial charge in [-0.25, -0.2) is 13.8 Å². The fourth-order valence-electron chi connectivity index (χ4n) is 11.6. The monoisotopic (exact) mass is 989 g/mol. The molecule has 7 heterocycles. The van der Waals surface area contributed by atoms with Gasteiger partial charge in [0.1, 0.15) is 17.5 Å². The van der Waals surface area contributed by atoms with Gasteiger partial charge in [-0.2, -0.15) is 0 Å². The van der Waals surface area contributed by atoms with Crippen LogP contribution in [0.2, 0.25) is 0 Å². The number of carbonyl (C=O) groups is 4. The smallest absolute Gasteiger partial charge is 0.258 e. The van der Waals surface area contributed by atoms with Crippen LogP contribution in [0.3, 0.4) is 0 Å². The highest BCUT2D eigenvalue weighted by molar-refractivity contribution is 6.13. The highest BCUT2D eigenvalue weighted by Gasteiger charge is 2.49. The quantitative estimate of drug-likeness (QED) is 0.123. The molecule has 73 heavy (non-hydrogen) atoms. The number of imide groups is 1. The second-order valence-corrected chi connectivity index (χ2v) is 20.6. The molecule has 0 aliphatic carbocycles. The molecule has 0 radical (unpaired) electrons. The summed E-state index contributed by atoms with van der Waals surface area (Å²) >= 11 is 0. The summed E-state index contributed by atoms with van der Waals surface area (Å²) in [7, 11) is 5.21. The molecule has 0 bridgehead atoms. The van der Waals surface area contributed by atoms with Gasteiger partial charge in [-0.15, -0.1) is 0 Å². The van der Waals surface area contributed by atoms with Crippen LogP contribution in [0.25, 0.3) is 22.3 Å². The zero-order valence-corrected chi connectivity index (χ0v) is 42.4. The predicted octanol–water partition coefficient (Wildman–Crippen LogP) is 8.29. The number of nitrogens with one attached hydrogen (secondary N) is 2. The minimum absolute atomic E-state index is 0.0609. The normalized spacial score (nSPS) is 19.0. The Morgan fingerprint density at radius 2 is 1.67 bits per heavy atom. The first-order valence-corrected chi connectivity index (χ1v) is 25.1. The van der Waals surface area contributed by atoms with E-state index in [1.54, 1.807) is 42.2 Å². The third-order valence-electron chi connectivity index (χ3n) is 15.9. The number of hydrogen-bond donors (Lipinski definition) is 2. The molecular formula is C57H61F2N9O5. The van der Waals surface area contributed by atoms with Crippen LogP contribution in [-0.4, -0.2) is 93.9 Å². The van der Waals surface area contributed by atoms with Crippen molar-refractivity contribution in [1.29, 1.82) is 0 Å². The molecule has 2 N–H and O–H groups in total. The highest BCUT2D eigenvalue weighted by Crippen LogP contribution is 2.44. The van der Waals surface area contributed by atoms with E-state index < -0.39 is 29.0 Å². The molecule has 10 rings (SSSR count). The number of aromatic nitrogens is 3. The van der Waals surface area contributed by atoms with Gasteiger partial charge in [0, 0.05) is 99.1 Å². The van der Waals surface area contributed by atoms with Crippen molar-refractivity contribution in [2.75, 3.05) is 55.4 Å². The topological polar surface area (TPSA) is 145 Å². The molecule has 4 amide bonds. The number of amides is 4. The molecule has 2 saturated heterocycles. The summed E-state index contributed by atoms with van der Waals surface area (Å²) in [6, 6.07) is 21.5. The molecule has 2 atom stereocenters. The Balaban J connectivity index is 0.753. The van der Waals surface area contributed by atoms with Gasteiger partial charge in [0.25, 0.3) is 11.5 Å². The number of likely N-dealkylation sites (tertiary alicyclic amines) is 1. The van der Waals surface area contributed by atoms with Gasteiger partial charge in [0.05, 0.1) is 23.0 Å². The molecule has 4 aliphatic rings. The molecule has 2 fully saturated rings. The first kappa shape index (κ1) is 49.3. The lowest BCUT2D eigenvalue weighted by atomic mass is 9.85. The number of piperidine rings is 2. The fourth-order valence-corrected chi connectivity index (χ4v) is 11.6. The van der Waals surface area contributed by atoms with Gasteiger partial charge in [0.2, 0.25) is 17.7 Å². The van der Waals surface area contributed by atoms with Crippen LogP contribution in [-0.2, 0) is 33.4 Å². The first-order chi connectivity index (χ1) is 34.9. The van der Waals surface area contributed by atoms with Crippen LogP contribution in [0, 0.1) is 18.6 Å². The minimum Gasteiger partial charge on any atom is -0.386 e. The summed E-state index contributed by atoms with van der Waals surface area (Å²) in [6.07, 6.45) is 7.92. The van der Waals surface area contributed by atoms with Crippen molar-refractivity contribution in [2.24, 2.45) is 7.05 Å². The zero-order valence-electron chi connectivity index (χ0n) is 42.4. The molecule has 3 aromatic carbocycles. The van der Waals surface area contributed by atoms with Crippen molar-refractivity contribution in [3.8, 4) is 5.69 Å². The Kier molecular flexibility index (Phi) is 13.0. The van der Waals surface area contributed by atoms with E-state index in [0.717, 1.165) is 71.6 Å². The molecule has 0 saturated carbocycles. The van der Waals surface area contributed by atoms with Crippen molar-refractivity contribution in [3.05, 3.63) is 152 Å². The number of carbonyl (C=O) groups excluding carboxylic acids is 4. The van der Waals surface area contributed by atoms with E-state index in [9.17, 15) is 28.4 Å². The van der Waals surface area contributed by atoms with Crippen LogP contribution in [0.15, 0.2) is 96.1 Å². The summed E-state index contributed by atoms with van der Waals surface area (Å²) < 4.78 is 34.3. The molecule has 378 valence electrons. The highest BCUT2D eigenvalue weighted by atomic mass is 19.1. The van der Waals surface area contributed by atoms with E-state index >= 15 is 4.39 Å². The Morgan fingerprint density at radius 1 is 0.918 bits per heavy atom. The average Bonchev–Trinajstić information content (AvgIpc) is 3.82. The van der Waals surface area contributed by atoms with E-state index in [1.165, 1.54) is 28.5 Å². The third kappa shape index (κ3) is 8.94. The number of fused-ring (bicyclic) bond motifs is 2. The summed E-state index contributed by atoms with van der Waals surface area (Å²) in [4.78, 5) is 77.6. The van der Waals surface area contributed by atoms with Gasteiger partial charge in [0.15, 0.2) is 5.82 Å². The Morgan fingerprint density at radius 3 is 2.36 bits per heavy atom. The maximum atomic E-state index is 16.2. The lowest BCUT2D eigenvalue weighted by Gasteiger charge is -2.33. The van der Waals surface area contributed by atoms with Gasteiger partial charge in [-0.1, -0.05) is 30.3 Å². The second-order valence-electron chi connectivity index (χ2n) is 20.6. The van der Waals surface area contributed by atoms with Crippen molar-refractivity contribution in [3.63, 3.8) is 0 Å². The number of hydrogen-bond acceptors (Lipinski definition) is 9. The molecule has 3 aromatic heterocycles.